The number of carbonyl (C=O) groups excluding carboxylic acids is 1. The van der Waals surface area contributed by atoms with E-state index in [9.17, 15) is 4.79 Å². The minimum Gasteiger partial charge on any atom is -0.493 e. The van der Waals surface area contributed by atoms with Gasteiger partial charge in [0.25, 0.3) is 0 Å². The van der Waals surface area contributed by atoms with Crippen molar-refractivity contribution in [1.82, 2.24) is 19.4 Å². The molecule has 0 bridgehead atoms. The van der Waals surface area contributed by atoms with E-state index in [0.29, 0.717) is 12.6 Å². The smallest absolute Gasteiger partial charge is 0.242 e. The maximum Gasteiger partial charge on any atom is 0.242 e. The van der Waals surface area contributed by atoms with Gasteiger partial charge in [0.05, 0.1) is 31.6 Å². The Morgan fingerprint density at radius 3 is 2.69 bits per heavy atom. The first-order valence-corrected chi connectivity index (χ1v) is 11.3. The molecule has 32 heavy (non-hydrogen) atoms. The number of piperidine rings is 1. The van der Waals surface area contributed by atoms with Crippen molar-refractivity contribution in [2.24, 2.45) is 0 Å². The zero-order valence-corrected chi connectivity index (χ0v) is 18.8. The monoisotopic (exact) mass is 434 g/mol. The summed E-state index contributed by atoms with van der Waals surface area (Å²) >= 11 is 0. The fourth-order valence-electron chi connectivity index (χ4n) is 5.08. The summed E-state index contributed by atoms with van der Waals surface area (Å²) in [6, 6.07) is 12.6. The first kappa shape index (κ1) is 20.8. The summed E-state index contributed by atoms with van der Waals surface area (Å²) in [7, 11) is 3.36. The summed E-state index contributed by atoms with van der Waals surface area (Å²) in [5.41, 5.74) is 4.55. The fourth-order valence-corrected chi connectivity index (χ4v) is 5.08. The molecule has 2 aliphatic heterocycles. The van der Waals surface area contributed by atoms with Gasteiger partial charge in [-0.3, -0.25) is 9.69 Å². The van der Waals surface area contributed by atoms with E-state index in [4.69, 9.17) is 9.47 Å². The number of benzene rings is 2. The summed E-state index contributed by atoms with van der Waals surface area (Å²) < 4.78 is 12.9. The molecule has 1 fully saturated rings. The predicted octanol–water partition coefficient (Wildman–Crippen LogP) is 3.10. The highest BCUT2D eigenvalue weighted by Crippen LogP contribution is 2.34. The van der Waals surface area contributed by atoms with Gasteiger partial charge in [-0.2, -0.15) is 0 Å². The minimum atomic E-state index is 0.168. The molecule has 7 nitrogen and oxygen atoms in total. The normalized spacial score (nSPS) is 19.1. The second kappa shape index (κ2) is 8.82. The molecule has 0 saturated carbocycles. The van der Waals surface area contributed by atoms with Crippen molar-refractivity contribution in [1.29, 1.82) is 0 Å². The molecule has 2 aliphatic rings. The molecule has 1 unspecified atom stereocenters. The minimum absolute atomic E-state index is 0.168. The van der Waals surface area contributed by atoms with Crippen LogP contribution in [0.5, 0.6) is 11.5 Å². The topological polar surface area (TPSA) is 59.8 Å². The summed E-state index contributed by atoms with van der Waals surface area (Å²) in [4.78, 5) is 22.1. The van der Waals surface area contributed by atoms with Crippen LogP contribution in [0.3, 0.4) is 0 Å². The quantitative estimate of drug-likeness (QED) is 0.618. The third-order valence-electron chi connectivity index (χ3n) is 6.85. The van der Waals surface area contributed by atoms with Gasteiger partial charge in [0.2, 0.25) is 5.91 Å². The van der Waals surface area contributed by atoms with Crippen molar-refractivity contribution in [3.63, 3.8) is 0 Å². The number of rotatable bonds is 5. The van der Waals surface area contributed by atoms with Crippen LogP contribution in [0.25, 0.3) is 11.0 Å². The van der Waals surface area contributed by atoms with E-state index in [1.54, 1.807) is 20.5 Å². The Morgan fingerprint density at radius 1 is 1.09 bits per heavy atom. The highest BCUT2D eigenvalue weighted by Gasteiger charge is 2.30. The van der Waals surface area contributed by atoms with E-state index < -0.39 is 0 Å². The van der Waals surface area contributed by atoms with Crippen LogP contribution < -0.4 is 9.47 Å². The van der Waals surface area contributed by atoms with Crippen molar-refractivity contribution in [3.05, 3.63) is 53.9 Å². The Kier molecular flexibility index (Phi) is 5.74. The number of imidazole rings is 1. The molecule has 1 saturated heterocycles. The average Bonchev–Trinajstić information content (AvgIpc) is 3.25. The van der Waals surface area contributed by atoms with Crippen LogP contribution in [-0.2, 0) is 24.3 Å². The highest BCUT2D eigenvalue weighted by atomic mass is 16.5. The Bertz CT molecular complexity index is 1130. The first-order valence-electron chi connectivity index (χ1n) is 11.3. The number of hydrogen-bond donors (Lipinski definition) is 0. The van der Waals surface area contributed by atoms with Crippen LogP contribution in [0.2, 0.25) is 0 Å². The molecule has 5 rings (SSSR count). The summed E-state index contributed by atoms with van der Waals surface area (Å²) in [5, 5.41) is 0. The van der Waals surface area contributed by atoms with Gasteiger partial charge in [-0.25, -0.2) is 4.98 Å². The number of aromatic nitrogens is 2. The molecule has 0 aliphatic carbocycles. The maximum absolute atomic E-state index is 13.1. The number of nitrogens with zero attached hydrogens (tertiary/aromatic N) is 4. The summed E-state index contributed by atoms with van der Waals surface area (Å²) in [6.07, 6.45) is 4.92. The third kappa shape index (κ3) is 3.93. The van der Waals surface area contributed by atoms with Crippen molar-refractivity contribution in [3.8, 4) is 11.5 Å². The molecular formula is C25H30N4O3. The lowest BCUT2D eigenvalue weighted by Gasteiger charge is -2.41. The molecule has 2 aromatic carbocycles. The number of methoxy groups -OCH3 is 2. The van der Waals surface area contributed by atoms with E-state index in [-0.39, 0.29) is 5.91 Å². The number of hydrogen-bond acceptors (Lipinski definition) is 5. The number of amides is 1. The summed E-state index contributed by atoms with van der Waals surface area (Å²) in [6.45, 7) is 3.84. The van der Waals surface area contributed by atoms with Crippen molar-refractivity contribution < 1.29 is 14.3 Å². The predicted molar refractivity (Wildman–Crippen MR) is 123 cm³/mol. The lowest BCUT2D eigenvalue weighted by atomic mass is 9.95. The molecule has 1 amide bonds. The van der Waals surface area contributed by atoms with Gasteiger partial charge in [0, 0.05) is 32.2 Å². The Hall–Kier alpha value is -3.06. The van der Waals surface area contributed by atoms with Crippen LogP contribution in [-0.4, -0.2) is 65.2 Å². The van der Waals surface area contributed by atoms with Gasteiger partial charge in [-0.15, -0.1) is 0 Å². The lowest BCUT2D eigenvalue weighted by molar-refractivity contribution is -0.134. The molecule has 0 N–H and O–H groups in total. The zero-order valence-electron chi connectivity index (χ0n) is 18.8. The van der Waals surface area contributed by atoms with Gasteiger partial charge >= 0.3 is 0 Å². The fraction of sp³-hybridized carbons (Fsp3) is 0.440. The first-order chi connectivity index (χ1) is 15.7. The van der Waals surface area contributed by atoms with E-state index >= 15 is 0 Å². The van der Waals surface area contributed by atoms with Gasteiger partial charge in [-0.1, -0.05) is 12.1 Å². The van der Waals surface area contributed by atoms with Gasteiger partial charge < -0.3 is 18.9 Å². The number of likely N-dealkylation sites (tertiary alicyclic amines) is 1. The van der Waals surface area contributed by atoms with Crippen LogP contribution in [0.1, 0.15) is 24.0 Å². The largest absolute Gasteiger partial charge is 0.493 e. The molecule has 168 valence electrons. The van der Waals surface area contributed by atoms with Crippen molar-refractivity contribution in [2.75, 3.05) is 33.9 Å². The molecular weight excluding hydrogens is 404 g/mol. The van der Waals surface area contributed by atoms with Crippen LogP contribution in [0, 0.1) is 0 Å². The molecule has 0 radical (unpaired) electrons. The second-order valence-electron chi connectivity index (χ2n) is 8.69. The van der Waals surface area contributed by atoms with Gasteiger partial charge in [0.1, 0.15) is 6.54 Å². The molecule has 3 aromatic rings. The number of fused-ring (bicyclic) bond motifs is 2. The van der Waals surface area contributed by atoms with Crippen LogP contribution in [0.4, 0.5) is 0 Å². The van der Waals surface area contributed by atoms with E-state index in [1.807, 2.05) is 33.7 Å². The van der Waals surface area contributed by atoms with Gasteiger partial charge in [-0.05, 0) is 54.7 Å². The Balaban J connectivity index is 1.26. The maximum atomic E-state index is 13.1. The Morgan fingerprint density at radius 2 is 1.88 bits per heavy atom. The molecule has 1 atom stereocenters. The zero-order chi connectivity index (χ0) is 22.1. The van der Waals surface area contributed by atoms with E-state index in [1.165, 1.54) is 11.1 Å². The third-order valence-corrected chi connectivity index (χ3v) is 6.85. The molecule has 1 aromatic heterocycles. The van der Waals surface area contributed by atoms with Gasteiger partial charge in [0.15, 0.2) is 11.5 Å². The molecule has 0 spiro atoms. The standard InChI is InChI=1S/C25H30N4O3/c1-31-23-12-18-9-11-27(14-19(18)13-24(23)32-2)20-6-5-10-28(15-20)25(30)16-29-17-26-21-7-3-4-8-22(21)29/h3-4,7-8,12-13,17,20H,5-6,9-11,14-16H2,1-2H3. The van der Waals surface area contributed by atoms with Crippen LogP contribution in [0.15, 0.2) is 42.7 Å². The number of carbonyl (C=O) groups is 1. The number of para-hydroxylation sites is 2. The van der Waals surface area contributed by atoms with Crippen molar-refractivity contribution in [2.45, 2.75) is 38.4 Å². The van der Waals surface area contributed by atoms with E-state index in [0.717, 1.165) is 68.0 Å². The molecule has 7 heteroatoms. The van der Waals surface area contributed by atoms with Crippen molar-refractivity contribution >= 4 is 16.9 Å². The van der Waals surface area contributed by atoms with E-state index in [2.05, 4.69) is 22.0 Å². The highest BCUT2D eigenvalue weighted by molar-refractivity contribution is 5.80. The SMILES string of the molecule is COc1cc2c(cc1OC)CN(C1CCCN(C(=O)Cn3cnc4ccccc43)C1)CC2. The summed E-state index contributed by atoms with van der Waals surface area (Å²) in [5.74, 6) is 1.74. The lowest BCUT2D eigenvalue weighted by Crippen LogP contribution is -2.51. The number of ether oxygens (including phenoxy) is 2. The average molecular weight is 435 g/mol. The molecule has 3 heterocycles. The Labute approximate surface area is 188 Å². The van der Waals surface area contributed by atoms with Crippen LogP contribution >= 0.6 is 0 Å². The second-order valence-corrected chi connectivity index (χ2v) is 8.69.